The Morgan fingerprint density at radius 3 is 2.33 bits per heavy atom. The first-order chi connectivity index (χ1) is 15.8. The smallest absolute Gasteiger partial charge is 0.270 e. The van der Waals surface area contributed by atoms with E-state index in [0.717, 1.165) is 17.7 Å². The van der Waals surface area contributed by atoms with E-state index in [1.54, 1.807) is 26.0 Å². The number of hydrogen-bond acceptors (Lipinski definition) is 10. The lowest BCUT2D eigenvalue weighted by molar-refractivity contribution is 0.476. The van der Waals surface area contributed by atoms with Gasteiger partial charge in [-0.15, -0.1) is 10.2 Å². The topological polar surface area (TPSA) is 156 Å². The summed E-state index contributed by atoms with van der Waals surface area (Å²) in [5.74, 6) is 0.625. The van der Waals surface area contributed by atoms with Crippen LogP contribution in [0.25, 0.3) is 34.4 Å². The number of nitrogens with one attached hydrogen (secondary N) is 1. The highest BCUT2D eigenvalue weighted by molar-refractivity contribution is 8.24. The molecule has 4 aromatic rings. The molecule has 0 spiro atoms. The van der Waals surface area contributed by atoms with Gasteiger partial charge in [0.15, 0.2) is 11.5 Å². The van der Waals surface area contributed by atoms with Crippen molar-refractivity contribution in [2.75, 3.05) is 12.8 Å². The zero-order valence-corrected chi connectivity index (χ0v) is 19.2. The SMILES string of the molecule is CNCc1ccc(-c2nnc(-c3nc(-c4ccc(S(O)(O)C(C)C)cn4)cnc3N)o2)cc1. The zero-order valence-electron chi connectivity index (χ0n) is 18.4. The first-order valence-electron chi connectivity index (χ1n) is 10.2. The second kappa shape index (κ2) is 9.24. The van der Waals surface area contributed by atoms with Gasteiger partial charge in [0.2, 0.25) is 5.89 Å². The highest BCUT2D eigenvalue weighted by Crippen LogP contribution is 2.51. The Bertz CT molecular complexity index is 1240. The molecular weight excluding hydrogens is 442 g/mol. The van der Waals surface area contributed by atoms with Crippen LogP contribution < -0.4 is 11.1 Å². The van der Waals surface area contributed by atoms with Crippen LogP contribution in [0.15, 0.2) is 58.1 Å². The molecule has 0 aliphatic carbocycles. The molecule has 172 valence electrons. The minimum Gasteiger partial charge on any atom is -0.414 e. The van der Waals surface area contributed by atoms with Gasteiger partial charge in [0.1, 0.15) is 5.69 Å². The van der Waals surface area contributed by atoms with Gasteiger partial charge in [-0.2, -0.15) is 10.6 Å². The molecule has 1 aromatic carbocycles. The lowest BCUT2D eigenvalue weighted by Gasteiger charge is -2.36. The Balaban J connectivity index is 1.62. The van der Waals surface area contributed by atoms with Crippen LogP contribution in [0.1, 0.15) is 19.4 Å². The third kappa shape index (κ3) is 4.71. The maximum atomic E-state index is 10.3. The highest BCUT2D eigenvalue weighted by atomic mass is 32.3. The molecule has 10 nitrogen and oxygen atoms in total. The Hall–Kier alpha value is -3.38. The average Bonchev–Trinajstić information content (AvgIpc) is 3.30. The molecule has 0 saturated heterocycles. The summed E-state index contributed by atoms with van der Waals surface area (Å²) < 4.78 is 26.4. The van der Waals surface area contributed by atoms with Crippen molar-refractivity contribution in [1.29, 1.82) is 0 Å². The number of benzene rings is 1. The van der Waals surface area contributed by atoms with Crippen LogP contribution in [0.4, 0.5) is 5.82 Å². The highest BCUT2D eigenvalue weighted by Gasteiger charge is 2.21. The van der Waals surface area contributed by atoms with E-state index in [2.05, 4.69) is 30.5 Å². The monoisotopic (exact) mass is 467 g/mol. The summed E-state index contributed by atoms with van der Waals surface area (Å²) in [5, 5.41) is 11.0. The number of aromatic nitrogens is 5. The van der Waals surface area contributed by atoms with Crippen molar-refractivity contribution in [1.82, 2.24) is 30.5 Å². The fourth-order valence-corrected chi connectivity index (χ4v) is 4.09. The van der Waals surface area contributed by atoms with Crippen molar-refractivity contribution in [3.05, 3.63) is 54.4 Å². The van der Waals surface area contributed by atoms with Gasteiger partial charge in [-0.1, -0.05) is 12.1 Å². The normalized spacial score (nSPS) is 12.3. The van der Waals surface area contributed by atoms with Crippen LogP contribution in [-0.2, 0) is 6.54 Å². The maximum absolute atomic E-state index is 10.3. The van der Waals surface area contributed by atoms with Gasteiger partial charge >= 0.3 is 0 Å². The number of anilines is 1. The predicted octanol–water partition coefficient (Wildman–Crippen LogP) is 4.08. The van der Waals surface area contributed by atoms with E-state index in [4.69, 9.17) is 10.2 Å². The molecular formula is C22H25N7O3S. The molecule has 5 N–H and O–H groups in total. The molecule has 0 bridgehead atoms. The van der Waals surface area contributed by atoms with E-state index >= 15 is 0 Å². The van der Waals surface area contributed by atoms with E-state index in [1.165, 1.54) is 12.4 Å². The second-order valence-corrected chi connectivity index (χ2v) is 10.2. The van der Waals surface area contributed by atoms with Gasteiger partial charge in [-0.3, -0.25) is 14.1 Å². The van der Waals surface area contributed by atoms with E-state index in [0.29, 0.717) is 22.2 Å². The van der Waals surface area contributed by atoms with Gasteiger partial charge in [-0.25, -0.2) is 9.97 Å². The van der Waals surface area contributed by atoms with E-state index < -0.39 is 10.6 Å². The summed E-state index contributed by atoms with van der Waals surface area (Å²) in [6.07, 6.45) is 2.92. The predicted molar refractivity (Wildman–Crippen MR) is 127 cm³/mol. The number of pyridine rings is 1. The summed E-state index contributed by atoms with van der Waals surface area (Å²) in [6.45, 7) is 4.26. The largest absolute Gasteiger partial charge is 0.414 e. The molecule has 11 heteroatoms. The first kappa shape index (κ1) is 22.8. The zero-order chi connectivity index (χ0) is 23.6. The van der Waals surface area contributed by atoms with Gasteiger partial charge in [-0.05, 0) is 50.7 Å². The lowest BCUT2D eigenvalue weighted by atomic mass is 10.1. The third-order valence-corrected chi connectivity index (χ3v) is 7.26. The van der Waals surface area contributed by atoms with Crippen LogP contribution in [0.2, 0.25) is 0 Å². The van der Waals surface area contributed by atoms with E-state index in [1.807, 2.05) is 31.3 Å². The Morgan fingerprint density at radius 1 is 0.970 bits per heavy atom. The lowest BCUT2D eigenvalue weighted by Crippen LogP contribution is -2.10. The molecule has 0 aliphatic heterocycles. The van der Waals surface area contributed by atoms with E-state index in [-0.39, 0.29) is 22.7 Å². The van der Waals surface area contributed by atoms with Crippen LogP contribution in [0.5, 0.6) is 0 Å². The quantitative estimate of drug-likeness (QED) is 0.312. The minimum absolute atomic E-state index is 0.141. The number of nitrogen functional groups attached to an aromatic ring is 1. The molecule has 0 amide bonds. The third-order valence-electron chi connectivity index (χ3n) is 5.01. The first-order valence-corrected chi connectivity index (χ1v) is 11.8. The summed E-state index contributed by atoms with van der Waals surface area (Å²) in [7, 11) is -1.03. The molecule has 0 saturated carbocycles. The van der Waals surface area contributed by atoms with Gasteiger partial charge in [0.25, 0.3) is 5.89 Å². The van der Waals surface area contributed by atoms with Crippen molar-refractivity contribution >= 4 is 16.4 Å². The summed E-state index contributed by atoms with van der Waals surface area (Å²) >= 11 is 0. The number of nitrogens with zero attached hydrogens (tertiary/aromatic N) is 5. The average molecular weight is 468 g/mol. The maximum Gasteiger partial charge on any atom is 0.270 e. The standard InChI is InChI=1S/C22H25N7O3S/c1-13(2)33(30,31)16-8-9-17(25-11-16)18-12-26-20(23)19(27-18)22-29-28-21(32-22)15-6-4-14(5-7-15)10-24-3/h4-9,11-13,24,30-31H,10H2,1-3H3,(H2,23,26). The Labute approximate surface area is 192 Å². The van der Waals surface area contributed by atoms with Crippen molar-refractivity contribution in [2.24, 2.45) is 0 Å². The van der Waals surface area contributed by atoms with Crippen molar-refractivity contribution in [2.45, 2.75) is 30.5 Å². The molecule has 0 atom stereocenters. The molecule has 33 heavy (non-hydrogen) atoms. The number of nitrogens with two attached hydrogens (primary N) is 1. The Kier molecular flexibility index (Phi) is 6.38. The fraction of sp³-hybridized carbons (Fsp3) is 0.227. The minimum atomic E-state index is -2.92. The molecule has 0 aliphatic rings. The number of hydrogen-bond donors (Lipinski definition) is 4. The van der Waals surface area contributed by atoms with Crippen LogP contribution in [0.3, 0.4) is 0 Å². The molecule has 0 unspecified atom stereocenters. The Morgan fingerprint density at radius 2 is 1.70 bits per heavy atom. The second-order valence-electron chi connectivity index (χ2n) is 7.65. The molecule has 0 fully saturated rings. The van der Waals surface area contributed by atoms with Crippen LogP contribution in [-0.4, -0.2) is 46.6 Å². The van der Waals surface area contributed by atoms with E-state index in [9.17, 15) is 9.11 Å². The fourth-order valence-electron chi connectivity index (χ4n) is 3.07. The molecule has 3 aromatic heterocycles. The summed E-state index contributed by atoms with van der Waals surface area (Å²) in [4.78, 5) is 13.4. The van der Waals surface area contributed by atoms with Gasteiger partial charge in [0, 0.05) is 17.4 Å². The molecule has 0 radical (unpaired) electrons. The summed E-state index contributed by atoms with van der Waals surface area (Å²) in [6, 6.07) is 11.0. The molecule has 3 heterocycles. The molecule has 4 rings (SSSR count). The van der Waals surface area contributed by atoms with Crippen LogP contribution in [0, 0.1) is 0 Å². The van der Waals surface area contributed by atoms with Gasteiger partial charge in [0.05, 0.1) is 23.0 Å². The summed E-state index contributed by atoms with van der Waals surface area (Å²) in [5.41, 5.74) is 9.11. The van der Waals surface area contributed by atoms with Crippen molar-refractivity contribution in [3.8, 4) is 34.4 Å². The van der Waals surface area contributed by atoms with Crippen LogP contribution >= 0.6 is 10.6 Å². The van der Waals surface area contributed by atoms with Crippen molar-refractivity contribution < 1.29 is 13.5 Å². The van der Waals surface area contributed by atoms with Gasteiger partial charge < -0.3 is 15.5 Å². The number of rotatable bonds is 7. The van der Waals surface area contributed by atoms with Crippen molar-refractivity contribution in [3.63, 3.8) is 0 Å².